The number of rotatable bonds is 9. The van der Waals surface area contributed by atoms with Crippen LogP contribution in [0.2, 0.25) is 0 Å². The number of carbonyl (C=O) groups is 4. The fourth-order valence-corrected chi connectivity index (χ4v) is 10.2. The zero-order valence-corrected chi connectivity index (χ0v) is 35.5. The summed E-state index contributed by atoms with van der Waals surface area (Å²) in [6, 6.07) is 13.0. The summed E-state index contributed by atoms with van der Waals surface area (Å²) in [5.74, 6) is 2.16. The van der Waals surface area contributed by atoms with Gasteiger partial charge in [0.1, 0.15) is 36.1 Å². The second-order valence-electron chi connectivity index (χ2n) is 17.7. The van der Waals surface area contributed by atoms with Crippen molar-refractivity contribution in [2.24, 2.45) is 17.8 Å². The second-order valence-corrected chi connectivity index (χ2v) is 17.7. The lowest BCUT2D eigenvalue weighted by Crippen LogP contribution is -2.53. The zero-order valence-electron chi connectivity index (χ0n) is 35.5. The van der Waals surface area contributed by atoms with Crippen LogP contribution >= 0.6 is 0 Å². The monoisotopic (exact) mass is 830 g/mol. The highest BCUT2D eigenvalue weighted by molar-refractivity contribution is 6.07. The zero-order chi connectivity index (χ0) is 42.7. The van der Waals surface area contributed by atoms with Crippen LogP contribution in [0.25, 0.3) is 44.2 Å². The van der Waals surface area contributed by atoms with Crippen molar-refractivity contribution in [3.8, 4) is 28.1 Å². The molecule has 61 heavy (non-hydrogen) atoms. The van der Waals surface area contributed by atoms with Gasteiger partial charge in [-0.2, -0.15) is 0 Å². The first kappa shape index (κ1) is 40.3. The Balaban J connectivity index is 0.974. The van der Waals surface area contributed by atoms with Gasteiger partial charge in [-0.05, 0) is 96.2 Å². The first-order valence-electron chi connectivity index (χ1n) is 21.5. The van der Waals surface area contributed by atoms with Crippen LogP contribution < -0.4 is 15.4 Å². The summed E-state index contributed by atoms with van der Waals surface area (Å²) in [6.45, 7) is 8.65. The fourth-order valence-electron chi connectivity index (χ4n) is 10.2. The predicted octanol–water partition coefficient (Wildman–Crippen LogP) is 7.53. The van der Waals surface area contributed by atoms with Crippen molar-refractivity contribution < 1.29 is 33.4 Å². The molecule has 0 radical (unpaired) electrons. The quantitative estimate of drug-likeness (QED) is 0.117. The largest absolute Gasteiger partial charge is 0.488 e. The summed E-state index contributed by atoms with van der Waals surface area (Å²) in [7, 11) is 2.60. The van der Waals surface area contributed by atoms with E-state index in [1.807, 2.05) is 49.8 Å². The average Bonchev–Trinajstić information content (AvgIpc) is 4.11. The smallest absolute Gasteiger partial charge is 0.407 e. The van der Waals surface area contributed by atoms with Gasteiger partial charge >= 0.3 is 12.2 Å². The number of hydrogen-bond acceptors (Lipinski definition) is 9. The third-order valence-corrected chi connectivity index (χ3v) is 13.3. The first-order chi connectivity index (χ1) is 29.4. The number of carbonyl (C=O) groups excluding carboxylic acids is 4. The molecule has 4 N–H and O–H groups in total. The highest BCUT2D eigenvalue weighted by atomic mass is 16.5. The summed E-state index contributed by atoms with van der Waals surface area (Å²) in [4.78, 5) is 73.1. The number of amides is 4. The molecule has 15 heteroatoms. The van der Waals surface area contributed by atoms with E-state index in [-0.39, 0.29) is 41.8 Å². The predicted molar refractivity (Wildman–Crippen MR) is 228 cm³/mol. The minimum absolute atomic E-state index is 0.0963. The molecule has 4 aliphatic rings. The topological polar surface area (TPSA) is 184 Å². The maximum atomic E-state index is 14.3. The first-order valence-corrected chi connectivity index (χ1v) is 21.5. The van der Waals surface area contributed by atoms with Crippen LogP contribution in [0.3, 0.4) is 0 Å². The second kappa shape index (κ2) is 16.1. The molecule has 1 aliphatic carbocycles. The third kappa shape index (κ3) is 7.20. The van der Waals surface area contributed by atoms with Crippen molar-refractivity contribution >= 4 is 45.8 Å². The molecular formula is C46H54N8O7. The molecule has 2 unspecified atom stereocenters. The Bertz CT molecular complexity index is 2530. The van der Waals surface area contributed by atoms with Crippen molar-refractivity contribution in [1.82, 2.24) is 40.4 Å². The number of nitrogens with one attached hydrogen (secondary N) is 4. The van der Waals surface area contributed by atoms with E-state index >= 15 is 0 Å². The van der Waals surface area contributed by atoms with Crippen molar-refractivity contribution in [2.45, 2.75) is 103 Å². The number of fused-ring (bicyclic) bond motifs is 7. The number of nitrogens with zero attached hydrogens (tertiary/aromatic N) is 4. The van der Waals surface area contributed by atoms with Crippen LogP contribution in [0, 0.1) is 17.8 Å². The molecule has 5 heterocycles. The number of hydrogen-bond donors (Lipinski definition) is 4. The lowest BCUT2D eigenvalue weighted by atomic mass is 9.92. The molecule has 4 amide bonds. The van der Waals surface area contributed by atoms with Gasteiger partial charge in [0.15, 0.2) is 0 Å². The van der Waals surface area contributed by atoms with Gasteiger partial charge in [0.25, 0.3) is 0 Å². The Morgan fingerprint density at radius 3 is 2.31 bits per heavy atom. The van der Waals surface area contributed by atoms with Gasteiger partial charge in [-0.3, -0.25) is 9.59 Å². The van der Waals surface area contributed by atoms with Crippen LogP contribution in [0.4, 0.5) is 9.59 Å². The molecule has 0 bridgehead atoms. The summed E-state index contributed by atoms with van der Waals surface area (Å²) in [5, 5.41) is 7.53. The Morgan fingerprint density at radius 2 is 1.57 bits per heavy atom. The minimum Gasteiger partial charge on any atom is -0.488 e. The molecule has 1 saturated carbocycles. The Hall–Kier alpha value is -6.12. The number of methoxy groups -OCH3 is 2. The summed E-state index contributed by atoms with van der Waals surface area (Å²) in [5.41, 5.74) is 6.67. The number of aromatic amines is 2. The molecular weight excluding hydrogens is 777 g/mol. The van der Waals surface area contributed by atoms with E-state index in [9.17, 15) is 19.2 Å². The Labute approximate surface area is 354 Å². The average molecular weight is 831 g/mol. The summed E-state index contributed by atoms with van der Waals surface area (Å²) >= 11 is 0. The lowest BCUT2D eigenvalue weighted by molar-refractivity contribution is -0.138. The molecule has 3 aliphatic heterocycles. The van der Waals surface area contributed by atoms with Gasteiger partial charge in [-0.15, -0.1) is 0 Å². The van der Waals surface area contributed by atoms with E-state index in [2.05, 4.69) is 57.0 Å². The van der Waals surface area contributed by atoms with Crippen LogP contribution in [-0.2, 0) is 25.7 Å². The van der Waals surface area contributed by atoms with E-state index in [0.717, 1.165) is 99.9 Å². The fraction of sp³-hybridized carbons (Fsp3) is 0.478. The maximum Gasteiger partial charge on any atom is 0.407 e. The highest BCUT2D eigenvalue weighted by Gasteiger charge is 2.49. The molecule has 2 aromatic heterocycles. The molecule has 9 rings (SSSR count). The molecule has 0 spiro atoms. The van der Waals surface area contributed by atoms with E-state index in [1.54, 1.807) is 0 Å². The number of H-pyrrole nitrogens is 2. The summed E-state index contributed by atoms with van der Waals surface area (Å²) < 4.78 is 16.1. The Morgan fingerprint density at radius 1 is 0.820 bits per heavy atom. The number of alkyl carbamates (subject to hydrolysis) is 2. The molecule has 320 valence electrons. The normalized spacial score (nSPS) is 21.6. The Kier molecular flexibility index (Phi) is 10.6. The molecule has 5 aromatic rings. The van der Waals surface area contributed by atoms with Crippen molar-refractivity contribution in [3.05, 3.63) is 65.9 Å². The number of aromatic nitrogens is 4. The molecule has 3 aromatic carbocycles. The van der Waals surface area contributed by atoms with Crippen LogP contribution in [0.1, 0.15) is 95.5 Å². The van der Waals surface area contributed by atoms with Gasteiger partial charge < -0.3 is 44.6 Å². The van der Waals surface area contributed by atoms with Gasteiger partial charge in [-0.1, -0.05) is 52.3 Å². The minimum atomic E-state index is -0.707. The maximum absolute atomic E-state index is 14.3. The lowest BCUT2D eigenvalue weighted by Gasteiger charge is -2.33. The molecule has 15 nitrogen and oxygen atoms in total. The van der Waals surface area contributed by atoms with Gasteiger partial charge in [0.2, 0.25) is 11.8 Å². The standard InChI is InChI=1S/C46H54N8O7/c1-23(2)38(51-45(57)59-5)43(55)53-16-8-11-35(53)41-47-21-33(49-41)26-12-14-29-28(17-26)22-61-37-20-30-25(18-31(29)37)13-15-32-40(30)50-42(48-32)36-19-27-9-7-10-34(27)54(36)44(56)39(24(3)4)52-46(58)60-6/h12-15,17-18,20-21,23-24,27,34-36,38-39H,7-11,16,19,22H2,1-6H3,(H,47,49)(H,48,50)(H,51,57)(H,52,58)/t27?,34-,35?,36-,38-,39-/m0/s1. The SMILES string of the molecule is COC(=O)N[C@H](C(=O)N1CCCC1c1ncc(-c2ccc3c(c2)COc2cc4c(ccc5nc([C@@H]6CC7CCC[C@@H]7N6C(=O)[C@@H](NC(=O)OC)C(C)C)[nH]c54)cc2-3)[nH]1)C(C)C. The molecule has 2 saturated heterocycles. The van der Waals surface area contributed by atoms with E-state index in [4.69, 9.17) is 24.2 Å². The highest BCUT2D eigenvalue weighted by Crippen LogP contribution is 2.48. The van der Waals surface area contributed by atoms with Crippen molar-refractivity contribution in [2.75, 3.05) is 20.8 Å². The van der Waals surface area contributed by atoms with E-state index in [0.29, 0.717) is 24.9 Å². The van der Waals surface area contributed by atoms with Crippen molar-refractivity contribution in [3.63, 3.8) is 0 Å². The number of imidazole rings is 2. The van der Waals surface area contributed by atoms with E-state index < -0.39 is 24.3 Å². The number of ether oxygens (including phenoxy) is 3. The van der Waals surface area contributed by atoms with Crippen molar-refractivity contribution in [1.29, 1.82) is 0 Å². The number of benzene rings is 3. The molecule has 6 atom stereocenters. The molecule has 3 fully saturated rings. The van der Waals surface area contributed by atoms with Crippen LogP contribution in [0.5, 0.6) is 5.75 Å². The van der Waals surface area contributed by atoms with Gasteiger partial charge in [-0.25, -0.2) is 19.6 Å². The van der Waals surface area contributed by atoms with Gasteiger partial charge in [0.05, 0.1) is 49.2 Å². The van der Waals surface area contributed by atoms with E-state index in [1.165, 1.54) is 14.2 Å². The summed E-state index contributed by atoms with van der Waals surface area (Å²) in [6.07, 6.45) is 6.09. The van der Waals surface area contributed by atoms with Crippen LogP contribution in [-0.4, -0.2) is 92.6 Å². The van der Waals surface area contributed by atoms with Gasteiger partial charge in [0, 0.05) is 23.5 Å². The third-order valence-electron chi connectivity index (χ3n) is 13.3. The number of likely N-dealkylation sites (tertiary alicyclic amines) is 2. The van der Waals surface area contributed by atoms with Crippen LogP contribution in [0.15, 0.2) is 48.7 Å².